The van der Waals surface area contributed by atoms with Crippen molar-refractivity contribution in [3.8, 4) is 28.8 Å². The summed E-state index contributed by atoms with van der Waals surface area (Å²) < 4.78 is 26.5. The van der Waals surface area contributed by atoms with Gasteiger partial charge in [-0.1, -0.05) is 6.07 Å². The molecule has 1 N–H and O–H groups in total. The van der Waals surface area contributed by atoms with E-state index in [4.69, 9.17) is 24.0 Å². The van der Waals surface area contributed by atoms with Crippen molar-refractivity contribution in [2.45, 2.75) is 63.8 Å². The Labute approximate surface area is 273 Å². The van der Waals surface area contributed by atoms with E-state index in [1.54, 1.807) is 30.3 Å². The van der Waals surface area contributed by atoms with E-state index in [9.17, 15) is 5.26 Å². The average molecular weight is 644 g/mol. The molecule has 248 valence electrons. The summed E-state index contributed by atoms with van der Waals surface area (Å²) in [5, 5.41) is 29.0. The summed E-state index contributed by atoms with van der Waals surface area (Å²) >= 11 is 0. The van der Waals surface area contributed by atoms with Crippen LogP contribution in [0.1, 0.15) is 50.6 Å². The number of benzene rings is 1. The largest absolute Gasteiger partial charge is 0.487 e. The lowest BCUT2D eigenvalue weighted by Gasteiger charge is -2.38. The molecule has 2 aliphatic rings. The van der Waals surface area contributed by atoms with Crippen molar-refractivity contribution in [3.63, 3.8) is 0 Å². The van der Waals surface area contributed by atoms with Gasteiger partial charge in [-0.3, -0.25) is 9.58 Å². The molecule has 1 aliphatic heterocycles. The van der Waals surface area contributed by atoms with Gasteiger partial charge >= 0.3 is 0 Å². The van der Waals surface area contributed by atoms with E-state index in [-0.39, 0.29) is 6.10 Å². The van der Waals surface area contributed by atoms with Crippen molar-refractivity contribution in [1.82, 2.24) is 44.9 Å². The van der Waals surface area contributed by atoms with E-state index in [1.165, 1.54) is 6.33 Å². The van der Waals surface area contributed by atoms with Crippen molar-refractivity contribution in [1.29, 1.82) is 5.26 Å². The van der Waals surface area contributed by atoms with Crippen LogP contribution >= 0.6 is 0 Å². The second kappa shape index (κ2) is 15.8. The first-order valence-electron chi connectivity index (χ1n) is 16.1. The minimum Gasteiger partial charge on any atom is -0.487 e. The zero-order valence-electron chi connectivity index (χ0n) is 26.9. The third-order valence-corrected chi connectivity index (χ3v) is 8.53. The smallest absolute Gasteiger partial charge is 0.256 e. The normalized spacial score (nSPS) is 19.2. The molecule has 2 fully saturated rings. The predicted octanol–water partition coefficient (Wildman–Crippen LogP) is 3.64. The number of hydrogen-bond acceptors (Lipinski definition) is 13. The molecule has 47 heavy (non-hydrogen) atoms. The highest BCUT2D eigenvalue weighted by Gasteiger charge is 2.29. The maximum Gasteiger partial charge on any atom is 0.256 e. The Hall–Kier alpha value is -4.65. The number of tetrazole rings is 1. The summed E-state index contributed by atoms with van der Waals surface area (Å²) in [6.07, 6.45) is 11.9. The van der Waals surface area contributed by atoms with Crippen molar-refractivity contribution < 1.29 is 18.9 Å². The molecule has 0 spiro atoms. The summed E-state index contributed by atoms with van der Waals surface area (Å²) in [4.78, 5) is 11.7. The monoisotopic (exact) mass is 643 g/mol. The Kier molecular flexibility index (Phi) is 10.8. The Balaban J connectivity index is 1.13. The SMILES string of the molecule is COCCCOc1nn(C2CCC(N3CCOCC3)CC2)cc1Nc1ncc(-c2ccc(C#N)c(OC(C)Cn3cnnn3)c2)cn1. The summed E-state index contributed by atoms with van der Waals surface area (Å²) in [7, 11) is 1.68. The summed E-state index contributed by atoms with van der Waals surface area (Å²) in [5.41, 5.74) is 2.75. The first kappa shape index (κ1) is 32.3. The second-order valence-electron chi connectivity index (χ2n) is 11.8. The van der Waals surface area contributed by atoms with Gasteiger partial charge in [0.25, 0.3) is 5.88 Å². The molecule has 4 aromatic rings. The Bertz CT molecular complexity index is 1590. The number of rotatable bonds is 14. The minimum absolute atomic E-state index is 0.268. The molecular weight excluding hydrogens is 602 g/mol. The molecule has 3 aromatic heterocycles. The fourth-order valence-electron chi connectivity index (χ4n) is 6.09. The number of methoxy groups -OCH3 is 1. The van der Waals surface area contributed by atoms with Gasteiger partial charge in [-0.25, -0.2) is 14.6 Å². The zero-order chi connectivity index (χ0) is 32.4. The first-order valence-corrected chi connectivity index (χ1v) is 16.1. The first-order chi connectivity index (χ1) is 23.1. The van der Waals surface area contributed by atoms with Crippen molar-refractivity contribution in [2.75, 3.05) is 51.9 Å². The topological polar surface area (TPSA) is 163 Å². The van der Waals surface area contributed by atoms with E-state index in [1.807, 2.05) is 29.9 Å². The van der Waals surface area contributed by atoms with E-state index in [0.717, 1.165) is 75.2 Å². The zero-order valence-corrected chi connectivity index (χ0v) is 26.9. The van der Waals surface area contributed by atoms with Gasteiger partial charge in [0, 0.05) is 57.2 Å². The van der Waals surface area contributed by atoms with Gasteiger partial charge in [-0.2, -0.15) is 5.26 Å². The molecule has 0 amide bonds. The number of ether oxygens (including phenoxy) is 4. The van der Waals surface area contributed by atoms with Crippen LogP contribution in [0.25, 0.3) is 11.1 Å². The lowest BCUT2D eigenvalue weighted by Crippen LogP contribution is -2.45. The summed E-state index contributed by atoms with van der Waals surface area (Å²) in [5.74, 6) is 1.41. The summed E-state index contributed by atoms with van der Waals surface area (Å²) in [6.45, 7) is 7.13. The number of morpholine rings is 1. The Morgan fingerprint density at radius 1 is 1.06 bits per heavy atom. The maximum absolute atomic E-state index is 9.65. The van der Waals surface area contributed by atoms with E-state index in [2.05, 4.69) is 41.8 Å². The highest BCUT2D eigenvalue weighted by Crippen LogP contribution is 2.35. The van der Waals surface area contributed by atoms with E-state index in [0.29, 0.717) is 55.0 Å². The molecule has 0 radical (unpaired) electrons. The standard InChI is InChI=1S/C32H41N11O4/c1-23(20-42-22-36-39-40-42)47-30-16-24(4-5-25(30)17-33)26-18-34-32(35-19-26)37-29-21-43(38-31(29)46-13-3-12-44-2)28-8-6-27(7-9-28)41-10-14-45-15-11-41/h4-5,16,18-19,21-23,27-28H,3,6-15,20H2,1-2H3,(H,34,35,37). The summed E-state index contributed by atoms with van der Waals surface area (Å²) in [6, 6.07) is 8.52. The molecule has 1 aromatic carbocycles. The van der Waals surface area contributed by atoms with Crippen molar-refractivity contribution in [2.24, 2.45) is 0 Å². The number of nitriles is 1. The molecule has 1 unspecified atom stereocenters. The lowest BCUT2D eigenvalue weighted by molar-refractivity contribution is 0.00503. The fourth-order valence-corrected chi connectivity index (χ4v) is 6.09. The molecule has 1 saturated heterocycles. The van der Waals surface area contributed by atoms with Gasteiger partial charge in [0.15, 0.2) is 0 Å². The number of nitrogens with zero attached hydrogens (tertiary/aromatic N) is 10. The van der Waals surface area contributed by atoms with Crippen LogP contribution in [0.4, 0.5) is 11.6 Å². The van der Waals surface area contributed by atoms with Crippen molar-refractivity contribution >= 4 is 11.6 Å². The highest BCUT2D eigenvalue weighted by molar-refractivity contribution is 5.67. The molecule has 4 heterocycles. The molecule has 0 bridgehead atoms. The number of anilines is 2. The van der Waals surface area contributed by atoms with Crippen LogP contribution in [0.2, 0.25) is 0 Å². The van der Waals surface area contributed by atoms with Crippen molar-refractivity contribution in [3.05, 3.63) is 48.7 Å². The van der Waals surface area contributed by atoms with Gasteiger partial charge in [0.2, 0.25) is 5.95 Å². The van der Waals surface area contributed by atoms with Crippen LogP contribution in [-0.4, -0.2) is 104 Å². The lowest BCUT2D eigenvalue weighted by atomic mass is 9.90. The molecule has 6 rings (SSSR count). The average Bonchev–Trinajstić information content (AvgIpc) is 3.77. The van der Waals surface area contributed by atoms with Crippen LogP contribution in [0.3, 0.4) is 0 Å². The van der Waals surface area contributed by atoms with Crippen LogP contribution in [0.5, 0.6) is 11.6 Å². The third kappa shape index (κ3) is 8.39. The maximum atomic E-state index is 9.65. The number of hydrogen-bond donors (Lipinski definition) is 1. The molecule has 1 aliphatic carbocycles. The number of nitrogens with one attached hydrogen (secondary N) is 1. The number of aromatic nitrogens is 8. The third-order valence-electron chi connectivity index (χ3n) is 8.53. The Morgan fingerprint density at radius 2 is 1.85 bits per heavy atom. The van der Waals surface area contributed by atoms with Gasteiger partial charge in [-0.05, 0) is 60.7 Å². The van der Waals surface area contributed by atoms with Gasteiger partial charge in [-0.15, -0.1) is 10.2 Å². The predicted molar refractivity (Wildman–Crippen MR) is 171 cm³/mol. The highest BCUT2D eigenvalue weighted by atomic mass is 16.5. The fraction of sp³-hybridized carbons (Fsp3) is 0.531. The van der Waals surface area contributed by atoms with Crippen LogP contribution in [0.15, 0.2) is 43.1 Å². The Morgan fingerprint density at radius 3 is 2.57 bits per heavy atom. The quantitative estimate of drug-likeness (QED) is 0.198. The minimum atomic E-state index is -0.268. The molecular formula is C32H41N11O4. The molecule has 1 atom stereocenters. The molecule has 15 nitrogen and oxygen atoms in total. The van der Waals surface area contributed by atoms with E-state index >= 15 is 0 Å². The van der Waals surface area contributed by atoms with Crippen LogP contribution < -0.4 is 14.8 Å². The molecule has 15 heteroatoms. The molecule has 1 saturated carbocycles. The van der Waals surface area contributed by atoms with Crippen LogP contribution in [-0.2, 0) is 16.0 Å². The van der Waals surface area contributed by atoms with Crippen LogP contribution in [0, 0.1) is 11.3 Å². The van der Waals surface area contributed by atoms with E-state index < -0.39 is 0 Å². The second-order valence-corrected chi connectivity index (χ2v) is 11.8. The van der Waals surface area contributed by atoms with Gasteiger partial charge in [0.05, 0.1) is 44.2 Å². The van der Waals surface area contributed by atoms with Gasteiger partial charge in [0.1, 0.15) is 29.9 Å². The van der Waals surface area contributed by atoms with Gasteiger partial charge < -0.3 is 24.3 Å².